The van der Waals surface area contributed by atoms with Crippen LogP contribution in [0.1, 0.15) is 11.4 Å². The van der Waals surface area contributed by atoms with E-state index >= 15 is 0 Å². The van der Waals surface area contributed by atoms with Gasteiger partial charge in [-0.1, -0.05) is 12.1 Å². The van der Waals surface area contributed by atoms with Crippen molar-refractivity contribution in [3.8, 4) is 11.8 Å². The van der Waals surface area contributed by atoms with Crippen LogP contribution in [-0.2, 0) is 17.1 Å². The Morgan fingerprint density at radius 1 is 1.10 bits per heavy atom. The van der Waals surface area contributed by atoms with Crippen LogP contribution in [0.2, 0.25) is 0 Å². The number of ether oxygens (including phenoxy) is 1. The van der Waals surface area contributed by atoms with E-state index in [1.807, 2.05) is 0 Å². The number of anilines is 1. The summed E-state index contributed by atoms with van der Waals surface area (Å²) in [6.45, 7) is 3.15. The minimum Gasteiger partial charge on any atom is -0.421 e. The number of fused-ring (bicyclic) bond motifs is 1. The fraction of sp³-hybridized carbons (Fsp3) is 0.150. The number of benzene rings is 2. The van der Waals surface area contributed by atoms with Crippen molar-refractivity contribution in [2.75, 3.05) is 4.72 Å². The van der Waals surface area contributed by atoms with Gasteiger partial charge in [-0.15, -0.1) is 0 Å². The fourth-order valence-electron chi connectivity index (χ4n) is 2.97. The molecule has 2 aromatic carbocycles. The lowest BCUT2D eigenvalue weighted by molar-refractivity contribution is 0.409. The number of nitrogens with zero attached hydrogens (tertiary/aromatic N) is 3. The molecule has 0 radical (unpaired) electrons. The second-order valence-electron chi connectivity index (χ2n) is 6.75. The maximum absolute atomic E-state index is 13.8. The van der Waals surface area contributed by atoms with Gasteiger partial charge in [-0.3, -0.25) is 9.29 Å². The number of nitrogens with one attached hydrogen (secondary N) is 1. The Morgan fingerprint density at radius 2 is 1.77 bits per heavy atom. The molecule has 4 rings (SSSR count). The lowest BCUT2D eigenvalue weighted by Crippen LogP contribution is -2.16. The number of para-hydroxylation sites is 1. The number of hydrogen-bond acceptors (Lipinski definition) is 7. The summed E-state index contributed by atoms with van der Waals surface area (Å²) < 4.78 is 53.7. The minimum atomic E-state index is -4.02. The highest BCUT2D eigenvalue weighted by Gasteiger charge is 2.21. The molecule has 0 saturated carbocycles. The summed E-state index contributed by atoms with van der Waals surface area (Å²) in [6, 6.07) is 9.76. The predicted molar refractivity (Wildman–Crippen MR) is 110 cm³/mol. The third-order valence-corrected chi connectivity index (χ3v) is 5.95. The third-order valence-electron chi connectivity index (χ3n) is 4.60. The van der Waals surface area contributed by atoms with Crippen molar-refractivity contribution in [3.63, 3.8) is 0 Å². The summed E-state index contributed by atoms with van der Waals surface area (Å²) in [5.41, 5.74) is 1.36. The summed E-state index contributed by atoms with van der Waals surface area (Å²) in [5.74, 6) is -1.22. The van der Waals surface area contributed by atoms with Crippen LogP contribution in [0, 0.1) is 19.7 Å². The molecule has 0 saturated heterocycles. The number of hydrogen-bond donors (Lipinski definition) is 1. The van der Waals surface area contributed by atoms with Gasteiger partial charge in [-0.05, 0) is 44.2 Å². The Kier molecular flexibility index (Phi) is 4.97. The molecule has 9 nitrogen and oxygen atoms in total. The van der Waals surface area contributed by atoms with E-state index < -0.39 is 21.6 Å². The number of sulfonamides is 1. The molecule has 0 aliphatic carbocycles. The fourth-order valence-corrected chi connectivity index (χ4v) is 4.17. The van der Waals surface area contributed by atoms with Gasteiger partial charge in [0.15, 0.2) is 17.1 Å². The number of oxazole rings is 1. The zero-order valence-corrected chi connectivity index (χ0v) is 17.5. The molecule has 160 valence electrons. The lowest BCUT2D eigenvalue weighted by atomic mass is 10.3. The number of aromatic nitrogens is 3. The van der Waals surface area contributed by atoms with Crippen LogP contribution in [0.5, 0.6) is 11.8 Å². The first kappa shape index (κ1) is 20.5. The molecule has 0 atom stereocenters. The molecule has 0 bridgehead atoms. The normalized spacial score (nSPS) is 11.6. The SMILES string of the molecule is Cc1nc(Oc2ccccc2F)nc(C)c1NS(=O)(=O)c1ccc2oc(=O)n(C)c2c1. The first-order valence-corrected chi connectivity index (χ1v) is 10.5. The summed E-state index contributed by atoms with van der Waals surface area (Å²) in [5, 5.41) is 0. The lowest BCUT2D eigenvalue weighted by Gasteiger charge is -2.14. The zero-order chi connectivity index (χ0) is 22.3. The predicted octanol–water partition coefficient (Wildman–Crippen LogP) is 3.27. The van der Waals surface area contributed by atoms with Gasteiger partial charge in [0.2, 0.25) is 0 Å². The first-order valence-electron chi connectivity index (χ1n) is 9.06. The van der Waals surface area contributed by atoms with E-state index in [4.69, 9.17) is 9.15 Å². The molecular formula is C20H17FN4O5S. The van der Waals surface area contributed by atoms with Gasteiger partial charge in [-0.2, -0.15) is 9.97 Å². The Morgan fingerprint density at radius 3 is 2.45 bits per heavy atom. The molecule has 0 amide bonds. The number of halogens is 1. The summed E-state index contributed by atoms with van der Waals surface area (Å²) in [7, 11) is -2.54. The quantitative estimate of drug-likeness (QED) is 0.502. The van der Waals surface area contributed by atoms with Gasteiger partial charge >= 0.3 is 11.8 Å². The van der Waals surface area contributed by atoms with E-state index in [0.717, 1.165) is 0 Å². The van der Waals surface area contributed by atoms with Crippen molar-refractivity contribution in [1.29, 1.82) is 0 Å². The molecule has 0 aliphatic heterocycles. The molecule has 4 aromatic rings. The van der Waals surface area contributed by atoms with Crippen LogP contribution in [0.25, 0.3) is 11.1 Å². The molecule has 0 unspecified atom stereocenters. The summed E-state index contributed by atoms with van der Waals surface area (Å²) in [6.07, 6.45) is 0. The van der Waals surface area contributed by atoms with Crippen molar-refractivity contribution in [3.05, 3.63) is 70.2 Å². The molecule has 0 fully saturated rings. The van der Waals surface area contributed by atoms with Crippen LogP contribution in [-0.4, -0.2) is 23.0 Å². The summed E-state index contributed by atoms with van der Waals surface area (Å²) >= 11 is 0. The van der Waals surface area contributed by atoms with Crippen LogP contribution >= 0.6 is 0 Å². The van der Waals surface area contributed by atoms with Gasteiger partial charge in [0.05, 0.1) is 27.5 Å². The van der Waals surface area contributed by atoms with Gasteiger partial charge in [0.25, 0.3) is 10.0 Å². The van der Waals surface area contributed by atoms with Crippen molar-refractivity contribution in [2.24, 2.45) is 7.05 Å². The van der Waals surface area contributed by atoms with Gasteiger partial charge in [-0.25, -0.2) is 17.6 Å². The zero-order valence-electron chi connectivity index (χ0n) is 16.7. The standard InChI is InChI=1S/C20H17FN4O5S/c1-11-18(12(2)23-19(22-11)29-16-7-5-4-6-14(16)21)24-31(27,28)13-8-9-17-15(10-13)25(3)20(26)30-17/h4-10,24H,1-3H3. The maximum atomic E-state index is 13.8. The van der Waals surface area contributed by atoms with Crippen LogP contribution in [0.3, 0.4) is 0 Å². The van der Waals surface area contributed by atoms with E-state index in [2.05, 4.69) is 14.7 Å². The van der Waals surface area contributed by atoms with Crippen molar-refractivity contribution in [1.82, 2.24) is 14.5 Å². The Hall–Kier alpha value is -3.73. The Bertz CT molecular complexity index is 1450. The smallest absolute Gasteiger partial charge is 0.419 e. The van der Waals surface area contributed by atoms with Crippen LogP contribution in [0.4, 0.5) is 10.1 Å². The Labute approximate surface area is 176 Å². The highest BCUT2D eigenvalue weighted by molar-refractivity contribution is 7.92. The first-order chi connectivity index (χ1) is 14.7. The molecule has 31 heavy (non-hydrogen) atoms. The third kappa shape index (κ3) is 3.87. The second kappa shape index (κ2) is 7.51. The molecular weight excluding hydrogens is 427 g/mol. The van der Waals surface area contributed by atoms with Crippen LogP contribution in [0.15, 0.2) is 56.6 Å². The van der Waals surface area contributed by atoms with Crippen LogP contribution < -0.4 is 15.2 Å². The average Bonchev–Trinajstić information content (AvgIpc) is 3.00. The highest BCUT2D eigenvalue weighted by Crippen LogP contribution is 2.27. The molecule has 0 aliphatic rings. The highest BCUT2D eigenvalue weighted by atomic mass is 32.2. The number of rotatable bonds is 5. The molecule has 0 spiro atoms. The van der Waals surface area contributed by atoms with E-state index in [0.29, 0.717) is 16.9 Å². The van der Waals surface area contributed by atoms with Crippen molar-refractivity contribution < 1.29 is 22.0 Å². The average molecular weight is 444 g/mol. The van der Waals surface area contributed by atoms with Crippen molar-refractivity contribution >= 4 is 26.8 Å². The van der Waals surface area contributed by atoms with E-state index in [-0.39, 0.29) is 27.9 Å². The number of aryl methyl sites for hydroxylation is 3. The largest absolute Gasteiger partial charge is 0.421 e. The van der Waals surface area contributed by atoms with E-state index in [1.54, 1.807) is 19.9 Å². The topological polar surface area (TPSA) is 116 Å². The second-order valence-corrected chi connectivity index (χ2v) is 8.43. The molecule has 2 heterocycles. The molecule has 11 heteroatoms. The molecule has 1 N–H and O–H groups in total. The van der Waals surface area contributed by atoms with E-state index in [9.17, 15) is 17.6 Å². The molecule has 2 aromatic heterocycles. The Balaban J connectivity index is 1.66. The van der Waals surface area contributed by atoms with Gasteiger partial charge in [0, 0.05) is 7.05 Å². The van der Waals surface area contributed by atoms with E-state index in [1.165, 1.54) is 48.0 Å². The van der Waals surface area contributed by atoms with Gasteiger partial charge < -0.3 is 9.15 Å². The van der Waals surface area contributed by atoms with Gasteiger partial charge in [0.1, 0.15) is 0 Å². The monoisotopic (exact) mass is 444 g/mol. The summed E-state index contributed by atoms with van der Waals surface area (Å²) in [4.78, 5) is 19.8. The van der Waals surface area contributed by atoms with Crippen molar-refractivity contribution in [2.45, 2.75) is 18.7 Å². The maximum Gasteiger partial charge on any atom is 0.419 e. The minimum absolute atomic E-state index is 0.0475.